The van der Waals surface area contributed by atoms with Crippen LogP contribution < -0.4 is 19.7 Å². The Balaban J connectivity index is 1.60. The molecule has 1 aliphatic heterocycles. The Morgan fingerprint density at radius 3 is 2.31 bits per heavy atom. The van der Waals surface area contributed by atoms with Crippen molar-refractivity contribution >= 4 is 41.2 Å². The molecule has 1 N–H and O–H groups in total. The molecule has 3 aromatic carbocycles. The number of hydrogen-bond donors (Lipinski definition) is 1. The third-order valence-corrected chi connectivity index (χ3v) is 5.53. The van der Waals surface area contributed by atoms with Gasteiger partial charge in [0.05, 0.1) is 12.3 Å². The van der Waals surface area contributed by atoms with Crippen molar-refractivity contribution in [2.24, 2.45) is 0 Å². The minimum atomic E-state index is -0.790. The van der Waals surface area contributed by atoms with Gasteiger partial charge in [0, 0.05) is 5.02 Å². The maximum Gasteiger partial charge on any atom is 0.335 e. The molecule has 35 heavy (non-hydrogen) atoms. The summed E-state index contributed by atoms with van der Waals surface area (Å²) in [5.74, 6) is -0.487. The summed E-state index contributed by atoms with van der Waals surface area (Å²) in [6, 6.07) is 18.5. The van der Waals surface area contributed by atoms with Crippen LogP contribution in [0.1, 0.15) is 23.6 Å². The molecule has 4 rings (SSSR count). The van der Waals surface area contributed by atoms with Gasteiger partial charge in [-0.15, -0.1) is 0 Å². The van der Waals surface area contributed by atoms with Crippen molar-refractivity contribution in [3.63, 3.8) is 0 Å². The molecule has 0 saturated carbocycles. The largest absolute Gasteiger partial charge is 0.490 e. The van der Waals surface area contributed by atoms with E-state index < -0.39 is 17.8 Å². The summed E-state index contributed by atoms with van der Waals surface area (Å²) in [7, 11) is 0. The molecule has 1 fully saturated rings. The Morgan fingerprint density at radius 2 is 1.63 bits per heavy atom. The number of urea groups is 1. The topological polar surface area (TPSA) is 84.9 Å². The van der Waals surface area contributed by atoms with E-state index in [1.54, 1.807) is 54.6 Å². The number of anilines is 1. The lowest BCUT2D eigenvalue weighted by atomic mass is 10.1. The Kier molecular flexibility index (Phi) is 7.17. The van der Waals surface area contributed by atoms with Crippen LogP contribution in [0.2, 0.25) is 5.02 Å². The lowest BCUT2D eigenvalue weighted by Crippen LogP contribution is -2.54. The van der Waals surface area contributed by atoms with Gasteiger partial charge in [0.2, 0.25) is 0 Å². The van der Waals surface area contributed by atoms with Gasteiger partial charge < -0.3 is 9.47 Å². The van der Waals surface area contributed by atoms with Gasteiger partial charge in [-0.2, -0.15) is 0 Å². The van der Waals surface area contributed by atoms with E-state index in [2.05, 4.69) is 5.32 Å². The Labute approximate surface area is 207 Å². The maximum atomic E-state index is 13.1. The lowest BCUT2D eigenvalue weighted by molar-refractivity contribution is -0.122. The van der Waals surface area contributed by atoms with E-state index in [1.165, 1.54) is 6.08 Å². The number of aryl methyl sites for hydroxylation is 1. The number of hydrogen-bond acceptors (Lipinski definition) is 5. The van der Waals surface area contributed by atoms with Gasteiger partial charge in [-0.3, -0.25) is 14.9 Å². The molecular weight excluding hydrogens is 468 g/mol. The van der Waals surface area contributed by atoms with Crippen molar-refractivity contribution in [3.8, 4) is 11.5 Å². The maximum absolute atomic E-state index is 13.1. The van der Waals surface area contributed by atoms with Crippen molar-refractivity contribution in [1.82, 2.24) is 5.32 Å². The monoisotopic (exact) mass is 490 g/mol. The Morgan fingerprint density at radius 1 is 0.914 bits per heavy atom. The summed E-state index contributed by atoms with van der Waals surface area (Å²) >= 11 is 5.93. The number of barbiturate groups is 1. The van der Waals surface area contributed by atoms with Crippen LogP contribution in [0.3, 0.4) is 0 Å². The van der Waals surface area contributed by atoms with Crippen molar-refractivity contribution in [2.75, 3.05) is 11.5 Å². The first kappa shape index (κ1) is 24.0. The van der Waals surface area contributed by atoms with Gasteiger partial charge in [-0.25, -0.2) is 9.69 Å². The summed E-state index contributed by atoms with van der Waals surface area (Å²) in [5, 5.41) is 2.87. The van der Waals surface area contributed by atoms with E-state index in [9.17, 15) is 14.4 Å². The Bertz CT molecular complexity index is 1300. The molecule has 0 spiro atoms. The molecule has 0 radical (unpaired) electrons. The first-order valence-corrected chi connectivity index (χ1v) is 11.4. The zero-order valence-electron chi connectivity index (χ0n) is 19.2. The number of benzene rings is 3. The van der Waals surface area contributed by atoms with Gasteiger partial charge in [-0.1, -0.05) is 47.5 Å². The van der Waals surface area contributed by atoms with Crippen LogP contribution >= 0.6 is 11.6 Å². The molecule has 1 saturated heterocycles. The van der Waals surface area contributed by atoms with Crippen molar-refractivity contribution in [2.45, 2.75) is 20.5 Å². The highest BCUT2D eigenvalue weighted by atomic mass is 35.5. The molecule has 0 unspecified atom stereocenters. The standard InChI is InChI=1S/C27H23ClN2O5/c1-3-34-24-15-19(8-13-23(24)35-16-18-6-9-20(28)10-7-18)14-22-25(31)29-27(33)30(26(22)32)21-11-4-17(2)5-12-21/h4-15H,3,16H2,1-2H3,(H,29,31,33)/b22-14+. The molecule has 7 nitrogen and oxygen atoms in total. The predicted octanol–water partition coefficient (Wildman–Crippen LogP) is 5.29. The Hall–Kier alpha value is -4.10. The van der Waals surface area contributed by atoms with E-state index in [0.29, 0.717) is 41.0 Å². The smallest absolute Gasteiger partial charge is 0.335 e. The van der Waals surface area contributed by atoms with Crippen molar-refractivity contribution in [1.29, 1.82) is 0 Å². The highest BCUT2D eigenvalue weighted by Gasteiger charge is 2.36. The fourth-order valence-corrected chi connectivity index (χ4v) is 3.62. The van der Waals surface area contributed by atoms with Crippen LogP contribution in [-0.4, -0.2) is 24.5 Å². The van der Waals surface area contributed by atoms with Gasteiger partial charge in [0.1, 0.15) is 12.2 Å². The number of nitrogens with zero attached hydrogens (tertiary/aromatic N) is 1. The predicted molar refractivity (Wildman–Crippen MR) is 134 cm³/mol. The minimum Gasteiger partial charge on any atom is -0.490 e. The summed E-state index contributed by atoms with van der Waals surface area (Å²) in [5.41, 5.74) is 2.67. The third kappa shape index (κ3) is 5.53. The molecule has 0 bridgehead atoms. The molecule has 8 heteroatoms. The molecule has 0 aromatic heterocycles. The highest BCUT2D eigenvalue weighted by molar-refractivity contribution is 6.39. The number of ether oxygens (including phenoxy) is 2. The van der Waals surface area contributed by atoms with Crippen LogP contribution in [0.5, 0.6) is 11.5 Å². The SMILES string of the molecule is CCOc1cc(/C=C2\C(=O)NC(=O)N(c3ccc(C)cc3)C2=O)ccc1OCc1ccc(Cl)cc1. The number of carbonyl (C=O) groups excluding carboxylic acids is 3. The van der Waals surface area contributed by atoms with Gasteiger partial charge in [0.25, 0.3) is 11.8 Å². The number of rotatable bonds is 7. The van der Waals surface area contributed by atoms with Crippen molar-refractivity contribution < 1.29 is 23.9 Å². The number of nitrogens with one attached hydrogen (secondary N) is 1. The second-order valence-corrected chi connectivity index (χ2v) is 8.28. The average Bonchev–Trinajstić information content (AvgIpc) is 2.83. The van der Waals surface area contributed by atoms with E-state index in [4.69, 9.17) is 21.1 Å². The number of carbonyl (C=O) groups is 3. The summed E-state index contributed by atoms with van der Waals surface area (Å²) in [6.45, 7) is 4.45. The van der Waals surface area contributed by atoms with E-state index in [-0.39, 0.29) is 5.57 Å². The zero-order chi connectivity index (χ0) is 24.9. The van der Waals surface area contributed by atoms with Crippen LogP contribution in [-0.2, 0) is 16.2 Å². The van der Waals surface area contributed by atoms with E-state index >= 15 is 0 Å². The molecule has 1 heterocycles. The van der Waals surface area contributed by atoms with Crippen LogP contribution in [0, 0.1) is 6.92 Å². The van der Waals surface area contributed by atoms with Crippen LogP contribution in [0.15, 0.2) is 72.3 Å². The minimum absolute atomic E-state index is 0.164. The zero-order valence-corrected chi connectivity index (χ0v) is 20.0. The second-order valence-electron chi connectivity index (χ2n) is 7.85. The first-order valence-electron chi connectivity index (χ1n) is 11.0. The molecule has 178 valence electrons. The number of imide groups is 2. The molecular formula is C27H23ClN2O5. The van der Waals surface area contributed by atoms with Crippen LogP contribution in [0.4, 0.5) is 10.5 Å². The second kappa shape index (κ2) is 10.4. The van der Waals surface area contributed by atoms with Gasteiger partial charge in [-0.05, 0) is 67.4 Å². The average molecular weight is 491 g/mol. The highest BCUT2D eigenvalue weighted by Crippen LogP contribution is 2.31. The molecule has 0 atom stereocenters. The number of amides is 4. The van der Waals surface area contributed by atoms with E-state index in [1.807, 2.05) is 26.0 Å². The lowest BCUT2D eigenvalue weighted by Gasteiger charge is -2.26. The molecule has 1 aliphatic rings. The summed E-state index contributed by atoms with van der Waals surface area (Å²) in [4.78, 5) is 38.9. The quantitative estimate of drug-likeness (QED) is 0.359. The normalized spacial score (nSPS) is 14.8. The van der Waals surface area contributed by atoms with E-state index in [0.717, 1.165) is 16.0 Å². The van der Waals surface area contributed by atoms with Crippen LogP contribution in [0.25, 0.3) is 6.08 Å². The summed E-state index contributed by atoms with van der Waals surface area (Å²) in [6.07, 6.45) is 1.43. The third-order valence-electron chi connectivity index (χ3n) is 5.28. The van der Waals surface area contributed by atoms with Gasteiger partial charge in [0.15, 0.2) is 11.5 Å². The van der Waals surface area contributed by atoms with Gasteiger partial charge >= 0.3 is 6.03 Å². The molecule has 3 aromatic rings. The molecule has 4 amide bonds. The summed E-state index contributed by atoms with van der Waals surface area (Å²) < 4.78 is 11.6. The van der Waals surface area contributed by atoms with Crippen molar-refractivity contribution in [3.05, 3.63) is 94.0 Å². The first-order chi connectivity index (χ1) is 16.9. The molecule has 0 aliphatic carbocycles. The fraction of sp³-hybridized carbons (Fsp3) is 0.148. The fourth-order valence-electron chi connectivity index (χ4n) is 3.50. The number of halogens is 1.